The van der Waals surface area contributed by atoms with Crippen LogP contribution >= 0.6 is 0 Å². The van der Waals surface area contributed by atoms with Crippen molar-refractivity contribution < 1.29 is 10.2 Å². The molecule has 1 aliphatic rings. The molecule has 0 spiro atoms. The molecule has 0 radical (unpaired) electrons. The fraction of sp³-hybridized carbons (Fsp3) is 1.00. The molecule has 0 aromatic heterocycles. The summed E-state index contributed by atoms with van der Waals surface area (Å²) in [7, 11) is 0. The Labute approximate surface area is 60.9 Å². The van der Waals surface area contributed by atoms with Gasteiger partial charge in [0.1, 0.15) is 0 Å². The molecule has 0 unspecified atom stereocenters. The van der Waals surface area contributed by atoms with Crippen molar-refractivity contribution >= 4 is 0 Å². The van der Waals surface area contributed by atoms with E-state index >= 15 is 0 Å². The third kappa shape index (κ3) is 1.48. The molecule has 0 aromatic rings. The molecule has 0 aliphatic heterocycles. The van der Waals surface area contributed by atoms with E-state index in [1.54, 1.807) is 0 Å². The maximum Gasteiger partial charge on any atom is 0.0593 e. The molecule has 1 rings (SSSR count). The van der Waals surface area contributed by atoms with Gasteiger partial charge in [0.2, 0.25) is 0 Å². The number of aliphatic hydroxyl groups excluding tert-OH is 2. The third-order valence-corrected chi connectivity index (χ3v) is 2.32. The molecule has 3 atom stereocenters. The summed E-state index contributed by atoms with van der Waals surface area (Å²) in [5, 5.41) is 18.0. The predicted octanol–water partition coefficient (Wildman–Crippen LogP) is -0.676. The van der Waals surface area contributed by atoms with Gasteiger partial charge in [0.25, 0.3) is 0 Å². The van der Waals surface area contributed by atoms with Gasteiger partial charge in [-0.2, -0.15) is 0 Å². The lowest BCUT2D eigenvalue weighted by Crippen LogP contribution is -2.16. The fourth-order valence-corrected chi connectivity index (χ4v) is 1.60. The average molecular weight is 145 g/mol. The lowest BCUT2D eigenvalue weighted by molar-refractivity contribution is 0.0906. The first kappa shape index (κ1) is 7.98. The van der Waals surface area contributed by atoms with Gasteiger partial charge >= 0.3 is 0 Å². The minimum absolute atomic E-state index is 0.0774. The van der Waals surface area contributed by atoms with Crippen LogP contribution in [0.1, 0.15) is 12.8 Å². The molecule has 1 saturated carbocycles. The second kappa shape index (κ2) is 3.32. The smallest absolute Gasteiger partial charge is 0.0593 e. The standard InChI is InChI=1S/C7H15NO2/c8-3-5-1-6(4-9)7(10)2-5/h5-7,9-10H,1-4,8H2/t5-,6-,7-/m0/s1. The van der Waals surface area contributed by atoms with Gasteiger partial charge in [0.05, 0.1) is 6.10 Å². The van der Waals surface area contributed by atoms with Gasteiger partial charge in [0, 0.05) is 12.5 Å². The minimum Gasteiger partial charge on any atom is -0.396 e. The van der Waals surface area contributed by atoms with Crippen molar-refractivity contribution in [2.24, 2.45) is 17.6 Å². The van der Waals surface area contributed by atoms with Crippen molar-refractivity contribution in [3.63, 3.8) is 0 Å². The van der Waals surface area contributed by atoms with Gasteiger partial charge in [0.15, 0.2) is 0 Å². The van der Waals surface area contributed by atoms with Crippen LogP contribution in [0.25, 0.3) is 0 Å². The van der Waals surface area contributed by atoms with Gasteiger partial charge in [-0.05, 0) is 25.3 Å². The first-order valence-corrected chi connectivity index (χ1v) is 3.77. The Balaban J connectivity index is 2.36. The van der Waals surface area contributed by atoms with Crippen molar-refractivity contribution in [1.82, 2.24) is 0 Å². The molecule has 0 saturated heterocycles. The van der Waals surface area contributed by atoms with E-state index in [2.05, 4.69) is 0 Å². The number of nitrogens with two attached hydrogens (primary N) is 1. The van der Waals surface area contributed by atoms with E-state index in [0.717, 1.165) is 12.8 Å². The Hall–Kier alpha value is -0.120. The van der Waals surface area contributed by atoms with Crippen LogP contribution in [-0.2, 0) is 0 Å². The third-order valence-electron chi connectivity index (χ3n) is 2.32. The Morgan fingerprint density at radius 1 is 1.40 bits per heavy atom. The van der Waals surface area contributed by atoms with Crippen LogP contribution in [-0.4, -0.2) is 29.5 Å². The van der Waals surface area contributed by atoms with Crippen LogP contribution < -0.4 is 5.73 Å². The van der Waals surface area contributed by atoms with Gasteiger partial charge in [-0.25, -0.2) is 0 Å². The Morgan fingerprint density at radius 3 is 2.40 bits per heavy atom. The van der Waals surface area contributed by atoms with Crippen LogP contribution in [0, 0.1) is 11.8 Å². The molecule has 3 nitrogen and oxygen atoms in total. The SMILES string of the molecule is NC[C@H]1C[C@@H](CO)[C@@H](O)C1. The molecule has 3 heteroatoms. The van der Waals surface area contributed by atoms with Crippen molar-refractivity contribution in [1.29, 1.82) is 0 Å². The molecule has 0 amide bonds. The maximum absolute atomic E-state index is 9.27. The van der Waals surface area contributed by atoms with E-state index in [9.17, 15) is 5.11 Å². The molecule has 0 aromatic carbocycles. The van der Waals surface area contributed by atoms with Crippen LogP contribution in [0.15, 0.2) is 0 Å². The molecular weight excluding hydrogens is 130 g/mol. The Bertz CT molecular complexity index is 108. The first-order valence-electron chi connectivity index (χ1n) is 3.77. The highest BCUT2D eigenvalue weighted by Gasteiger charge is 2.31. The predicted molar refractivity (Wildman–Crippen MR) is 38.4 cm³/mol. The molecule has 10 heavy (non-hydrogen) atoms. The van der Waals surface area contributed by atoms with Crippen LogP contribution in [0.3, 0.4) is 0 Å². The summed E-state index contributed by atoms with van der Waals surface area (Å²) in [5.41, 5.74) is 5.42. The first-order chi connectivity index (χ1) is 4.77. The number of rotatable bonds is 2. The van der Waals surface area contributed by atoms with Crippen molar-refractivity contribution in [2.45, 2.75) is 18.9 Å². The number of hydrogen-bond donors (Lipinski definition) is 3. The van der Waals surface area contributed by atoms with Crippen LogP contribution in [0.2, 0.25) is 0 Å². The lowest BCUT2D eigenvalue weighted by atomic mass is 10.1. The zero-order valence-corrected chi connectivity index (χ0v) is 6.03. The maximum atomic E-state index is 9.27. The molecule has 4 N–H and O–H groups in total. The van der Waals surface area contributed by atoms with E-state index in [1.807, 2.05) is 0 Å². The zero-order chi connectivity index (χ0) is 7.56. The summed E-state index contributed by atoms with van der Waals surface area (Å²) in [5.74, 6) is 0.501. The van der Waals surface area contributed by atoms with E-state index in [0.29, 0.717) is 12.5 Å². The van der Waals surface area contributed by atoms with E-state index in [4.69, 9.17) is 10.8 Å². The van der Waals surface area contributed by atoms with Crippen LogP contribution in [0.5, 0.6) is 0 Å². The summed E-state index contributed by atoms with van der Waals surface area (Å²) < 4.78 is 0. The van der Waals surface area contributed by atoms with E-state index < -0.39 is 0 Å². The Morgan fingerprint density at radius 2 is 2.10 bits per heavy atom. The largest absolute Gasteiger partial charge is 0.396 e. The van der Waals surface area contributed by atoms with E-state index in [-0.39, 0.29) is 18.6 Å². The molecule has 1 fully saturated rings. The number of hydrogen-bond acceptors (Lipinski definition) is 3. The quantitative estimate of drug-likeness (QED) is 0.482. The second-order valence-electron chi connectivity index (χ2n) is 3.08. The van der Waals surface area contributed by atoms with Crippen molar-refractivity contribution in [2.75, 3.05) is 13.2 Å². The monoisotopic (exact) mass is 145 g/mol. The van der Waals surface area contributed by atoms with E-state index in [1.165, 1.54) is 0 Å². The molecular formula is C7H15NO2. The normalized spacial score (nSPS) is 40.5. The molecule has 1 aliphatic carbocycles. The number of aliphatic hydroxyl groups is 2. The van der Waals surface area contributed by atoms with Gasteiger partial charge in [-0.15, -0.1) is 0 Å². The average Bonchev–Trinajstić information content (AvgIpc) is 2.30. The van der Waals surface area contributed by atoms with Gasteiger partial charge < -0.3 is 15.9 Å². The van der Waals surface area contributed by atoms with Crippen molar-refractivity contribution in [3.8, 4) is 0 Å². The summed E-state index contributed by atoms with van der Waals surface area (Å²) in [6.45, 7) is 0.727. The highest BCUT2D eigenvalue weighted by Crippen LogP contribution is 2.29. The molecule has 0 heterocycles. The topological polar surface area (TPSA) is 66.5 Å². The second-order valence-corrected chi connectivity index (χ2v) is 3.08. The van der Waals surface area contributed by atoms with Crippen molar-refractivity contribution in [3.05, 3.63) is 0 Å². The highest BCUT2D eigenvalue weighted by atomic mass is 16.3. The zero-order valence-electron chi connectivity index (χ0n) is 6.03. The summed E-state index contributed by atoms with van der Waals surface area (Å²) in [6, 6.07) is 0. The molecule has 0 bridgehead atoms. The highest BCUT2D eigenvalue weighted by molar-refractivity contribution is 4.82. The van der Waals surface area contributed by atoms with Gasteiger partial charge in [-0.3, -0.25) is 0 Å². The summed E-state index contributed by atoms with van der Waals surface area (Å²) in [6.07, 6.45) is 1.33. The van der Waals surface area contributed by atoms with Gasteiger partial charge in [-0.1, -0.05) is 0 Å². The lowest BCUT2D eigenvalue weighted by Gasteiger charge is -2.08. The Kier molecular flexibility index (Phi) is 2.65. The molecule has 60 valence electrons. The minimum atomic E-state index is -0.321. The summed E-state index contributed by atoms with van der Waals surface area (Å²) >= 11 is 0. The fourth-order valence-electron chi connectivity index (χ4n) is 1.60. The summed E-state index contributed by atoms with van der Waals surface area (Å²) in [4.78, 5) is 0. The van der Waals surface area contributed by atoms with Crippen LogP contribution in [0.4, 0.5) is 0 Å².